The van der Waals surface area contributed by atoms with Crippen molar-refractivity contribution in [3.63, 3.8) is 0 Å². The molecule has 1 aromatic rings. The predicted molar refractivity (Wildman–Crippen MR) is 116 cm³/mol. The van der Waals surface area contributed by atoms with Gasteiger partial charge in [-0.2, -0.15) is 0 Å². The van der Waals surface area contributed by atoms with Crippen molar-refractivity contribution in [3.05, 3.63) is 58.8 Å². The summed E-state index contributed by atoms with van der Waals surface area (Å²) in [5.41, 5.74) is 0.0908. The molecule has 0 radical (unpaired) electrons. The van der Waals surface area contributed by atoms with E-state index in [-0.39, 0.29) is 22.4 Å². The maximum Gasteiger partial charge on any atom is 0.326 e. The van der Waals surface area contributed by atoms with Gasteiger partial charge >= 0.3 is 6.03 Å². The Balaban J connectivity index is 1.49. The molecular formula is C24H25ClF2N2O3. The molecule has 3 aliphatic carbocycles. The molecule has 2 bridgehead atoms. The normalized spacial score (nSPS) is 30.6. The number of nitrogens with one attached hydrogen (secondary N) is 2. The van der Waals surface area contributed by atoms with E-state index in [1.807, 2.05) is 5.32 Å². The molecule has 2 fully saturated rings. The lowest BCUT2D eigenvalue weighted by Crippen LogP contribution is -2.44. The smallest absolute Gasteiger partial charge is 0.304 e. The number of benzene rings is 1. The number of fused-ring (bicyclic) bond motifs is 2. The second-order valence-electron chi connectivity index (χ2n) is 9.64. The van der Waals surface area contributed by atoms with E-state index in [1.54, 1.807) is 6.08 Å². The van der Waals surface area contributed by atoms with Gasteiger partial charge in [-0.3, -0.25) is 14.9 Å². The van der Waals surface area contributed by atoms with Crippen LogP contribution in [0.1, 0.15) is 50.4 Å². The van der Waals surface area contributed by atoms with Gasteiger partial charge < -0.3 is 5.32 Å². The molecule has 4 atom stereocenters. The number of allylic oxidation sites excluding steroid dienone is 4. The van der Waals surface area contributed by atoms with E-state index in [4.69, 9.17) is 11.6 Å². The Labute approximate surface area is 190 Å². The Bertz CT molecular complexity index is 1060. The second-order valence-corrected chi connectivity index (χ2v) is 10.1. The number of alkyl halides is 1. The monoisotopic (exact) mass is 462 g/mol. The standard InChI is InChI=1S/C24H25ClF2N2O3/c1-23(2)12-9-10-24(23,3)14(11-12)13-7-8-17(20(30)19(13)25)28-22(32)29-21(31)18-15(26)5-4-6-16(18)27/h4-8,12,14,19H,9-11H2,1-3H3,(H2,28,29,31,32). The van der Waals surface area contributed by atoms with Crippen LogP contribution in [0.4, 0.5) is 13.6 Å². The lowest BCUT2D eigenvalue weighted by Gasteiger charge is -2.41. The van der Waals surface area contributed by atoms with Gasteiger partial charge in [-0.15, -0.1) is 11.6 Å². The molecule has 2 saturated carbocycles. The van der Waals surface area contributed by atoms with Crippen LogP contribution in [0.3, 0.4) is 0 Å². The maximum atomic E-state index is 13.7. The molecule has 0 saturated heterocycles. The summed E-state index contributed by atoms with van der Waals surface area (Å²) in [4.78, 5) is 37.2. The lowest BCUT2D eigenvalue weighted by molar-refractivity contribution is -0.115. The zero-order chi connectivity index (χ0) is 23.4. The average molecular weight is 463 g/mol. The molecule has 0 aromatic heterocycles. The van der Waals surface area contributed by atoms with Crippen LogP contribution in [-0.2, 0) is 4.79 Å². The fraction of sp³-hybridized carbons (Fsp3) is 0.458. The van der Waals surface area contributed by atoms with E-state index in [1.165, 1.54) is 12.5 Å². The summed E-state index contributed by atoms with van der Waals surface area (Å²) >= 11 is 6.53. The van der Waals surface area contributed by atoms with Crippen molar-refractivity contribution in [3.8, 4) is 0 Å². The highest BCUT2D eigenvalue weighted by molar-refractivity contribution is 6.36. The molecule has 32 heavy (non-hydrogen) atoms. The Morgan fingerprint density at radius 3 is 2.34 bits per heavy atom. The number of carbonyl (C=O) groups is 3. The molecule has 4 rings (SSSR count). The maximum absolute atomic E-state index is 13.7. The highest BCUT2D eigenvalue weighted by atomic mass is 35.5. The van der Waals surface area contributed by atoms with Gasteiger partial charge in [0.05, 0.1) is 5.70 Å². The first-order chi connectivity index (χ1) is 15.0. The van der Waals surface area contributed by atoms with Crippen LogP contribution in [0.2, 0.25) is 0 Å². The summed E-state index contributed by atoms with van der Waals surface area (Å²) in [5, 5.41) is 3.19. The van der Waals surface area contributed by atoms with Gasteiger partial charge in [0.1, 0.15) is 22.6 Å². The van der Waals surface area contributed by atoms with Crippen LogP contribution in [0.5, 0.6) is 0 Å². The van der Waals surface area contributed by atoms with E-state index in [0.717, 1.165) is 36.6 Å². The van der Waals surface area contributed by atoms with Gasteiger partial charge in [0.2, 0.25) is 5.78 Å². The number of halogens is 3. The molecule has 5 nitrogen and oxygen atoms in total. The van der Waals surface area contributed by atoms with Gasteiger partial charge in [-0.05, 0) is 65.7 Å². The molecule has 170 valence electrons. The highest BCUT2D eigenvalue weighted by Gasteiger charge is 2.62. The van der Waals surface area contributed by atoms with Crippen molar-refractivity contribution in [1.82, 2.24) is 10.6 Å². The summed E-state index contributed by atoms with van der Waals surface area (Å²) in [6.45, 7) is 6.82. The number of rotatable bonds is 3. The Morgan fingerprint density at radius 2 is 1.78 bits per heavy atom. The van der Waals surface area contributed by atoms with Gasteiger partial charge in [0.15, 0.2) is 0 Å². The van der Waals surface area contributed by atoms with Crippen molar-refractivity contribution in [1.29, 1.82) is 0 Å². The zero-order valence-electron chi connectivity index (χ0n) is 18.1. The van der Waals surface area contributed by atoms with E-state index in [9.17, 15) is 23.2 Å². The number of hydrogen-bond acceptors (Lipinski definition) is 3. The van der Waals surface area contributed by atoms with Crippen LogP contribution in [-0.4, -0.2) is 23.1 Å². The van der Waals surface area contributed by atoms with Crippen molar-refractivity contribution >= 4 is 29.3 Å². The summed E-state index contributed by atoms with van der Waals surface area (Å²) in [6.07, 6.45) is 6.49. The first kappa shape index (κ1) is 22.6. The quantitative estimate of drug-likeness (QED) is 0.629. The minimum absolute atomic E-state index is 0.0450. The van der Waals surface area contributed by atoms with Crippen LogP contribution in [0, 0.1) is 34.3 Å². The molecular weight excluding hydrogens is 438 g/mol. The molecule has 0 heterocycles. The molecule has 1 aromatic carbocycles. The predicted octanol–water partition coefficient (Wildman–Crippen LogP) is 4.87. The van der Waals surface area contributed by atoms with Crippen molar-refractivity contribution in [2.75, 3.05) is 0 Å². The molecule has 8 heteroatoms. The summed E-state index contributed by atoms with van der Waals surface area (Å²) in [7, 11) is 0. The first-order valence-corrected chi connectivity index (χ1v) is 11.1. The van der Waals surface area contributed by atoms with E-state index >= 15 is 0 Å². The number of hydrogen-bond donors (Lipinski definition) is 2. The zero-order valence-corrected chi connectivity index (χ0v) is 18.9. The molecule has 0 spiro atoms. The van der Waals surface area contributed by atoms with Crippen LogP contribution >= 0.6 is 11.6 Å². The fourth-order valence-corrected chi connectivity index (χ4v) is 6.11. The van der Waals surface area contributed by atoms with E-state index < -0.39 is 40.3 Å². The molecule has 0 aliphatic heterocycles. The van der Waals surface area contributed by atoms with Crippen molar-refractivity contribution in [2.24, 2.45) is 22.7 Å². The average Bonchev–Trinajstić information content (AvgIpc) is 3.05. The van der Waals surface area contributed by atoms with Gasteiger partial charge in [-0.1, -0.05) is 32.9 Å². The third kappa shape index (κ3) is 3.38. The van der Waals surface area contributed by atoms with Crippen molar-refractivity contribution < 1.29 is 23.2 Å². The number of carbonyl (C=O) groups excluding carboxylic acids is 3. The van der Waals surface area contributed by atoms with Gasteiger partial charge in [0.25, 0.3) is 5.91 Å². The minimum Gasteiger partial charge on any atom is -0.304 e. The lowest BCUT2D eigenvalue weighted by atomic mass is 9.64. The number of urea groups is 1. The molecule has 4 unspecified atom stereocenters. The van der Waals surface area contributed by atoms with Crippen LogP contribution < -0.4 is 10.6 Å². The topological polar surface area (TPSA) is 75.3 Å². The van der Waals surface area contributed by atoms with E-state index in [2.05, 4.69) is 26.1 Å². The summed E-state index contributed by atoms with van der Waals surface area (Å²) in [6, 6.07) is 1.84. The minimum atomic E-state index is -1.25. The van der Waals surface area contributed by atoms with Crippen LogP contribution in [0.15, 0.2) is 41.6 Å². The number of ketones is 1. The Hall–Kier alpha value is -2.54. The molecule has 3 aliphatic rings. The van der Waals surface area contributed by atoms with Gasteiger partial charge in [-0.25, -0.2) is 13.6 Å². The van der Waals surface area contributed by atoms with Crippen molar-refractivity contribution in [2.45, 2.75) is 45.4 Å². The number of Topliss-reactive ketones (excluding diaryl/α,β-unsaturated/α-hetero) is 1. The molecule has 3 amide bonds. The Morgan fingerprint density at radius 1 is 1.12 bits per heavy atom. The highest BCUT2D eigenvalue weighted by Crippen LogP contribution is 2.70. The summed E-state index contributed by atoms with van der Waals surface area (Å²) in [5.74, 6) is -3.17. The fourth-order valence-electron chi connectivity index (χ4n) is 5.77. The number of amides is 3. The number of imide groups is 1. The third-order valence-corrected chi connectivity index (χ3v) is 8.54. The first-order valence-electron chi connectivity index (χ1n) is 10.6. The van der Waals surface area contributed by atoms with Gasteiger partial charge in [0, 0.05) is 0 Å². The largest absolute Gasteiger partial charge is 0.326 e. The second kappa shape index (κ2) is 7.80. The summed E-state index contributed by atoms with van der Waals surface area (Å²) < 4.78 is 27.5. The molecule has 2 N–H and O–H groups in total. The third-order valence-electron chi connectivity index (χ3n) is 8.09. The SMILES string of the molecule is CC1(C)C2CCC1(C)C(C1=CC=C(NC(=O)NC(=O)c3c(F)cccc3F)C(=O)C1Cl)C2. The van der Waals surface area contributed by atoms with E-state index in [0.29, 0.717) is 5.92 Å². The Kier molecular flexibility index (Phi) is 5.52. The van der Waals surface area contributed by atoms with Crippen LogP contribution in [0.25, 0.3) is 0 Å².